The van der Waals surface area contributed by atoms with Gasteiger partial charge in [-0.3, -0.25) is 0 Å². The minimum absolute atomic E-state index is 0.428. The predicted octanol–water partition coefficient (Wildman–Crippen LogP) is 3.22. The average Bonchev–Trinajstić information content (AvgIpc) is 1.99. The molecule has 0 fully saturated rings. The van der Waals surface area contributed by atoms with E-state index in [1.54, 1.807) is 0 Å². The van der Waals surface area contributed by atoms with E-state index in [0.29, 0.717) is 5.41 Å². The third kappa shape index (κ3) is 6.82. The molecule has 0 rings (SSSR count). The Kier molecular flexibility index (Phi) is 6.25. The molecule has 0 aromatic rings. The van der Waals surface area contributed by atoms with Gasteiger partial charge in [0.05, 0.1) is 0 Å². The van der Waals surface area contributed by atoms with Crippen LogP contribution in [0.1, 0.15) is 33.6 Å². The topological polar surface area (TPSA) is 9.23 Å². The highest BCUT2D eigenvalue weighted by Crippen LogP contribution is 2.24. The number of halogens is 1. The molecule has 11 heavy (non-hydrogen) atoms. The van der Waals surface area contributed by atoms with Crippen LogP contribution in [0.4, 0.5) is 0 Å². The molecule has 0 radical (unpaired) electrons. The SMILES string of the molecule is CCOCCCC(C)(C)CBr. The van der Waals surface area contributed by atoms with Gasteiger partial charge in [0, 0.05) is 18.5 Å². The smallest absolute Gasteiger partial charge is 0.0466 e. The molecule has 0 unspecified atom stereocenters. The molecule has 0 heterocycles. The maximum atomic E-state index is 5.26. The second kappa shape index (κ2) is 6.01. The van der Waals surface area contributed by atoms with Crippen LogP contribution in [0.2, 0.25) is 0 Å². The van der Waals surface area contributed by atoms with Gasteiger partial charge in [-0.2, -0.15) is 0 Å². The Balaban J connectivity index is 3.23. The van der Waals surface area contributed by atoms with Crippen molar-refractivity contribution in [2.75, 3.05) is 18.5 Å². The van der Waals surface area contributed by atoms with Gasteiger partial charge in [-0.05, 0) is 25.2 Å². The Morgan fingerprint density at radius 2 is 2.00 bits per heavy atom. The molecule has 0 aliphatic heterocycles. The van der Waals surface area contributed by atoms with E-state index in [2.05, 4.69) is 29.8 Å². The van der Waals surface area contributed by atoms with Crippen molar-refractivity contribution in [1.82, 2.24) is 0 Å². The Morgan fingerprint density at radius 1 is 1.36 bits per heavy atom. The van der Waals surface area contributed by atoms with Gasteiger partial charge in [0.25, 0.3) is 0 Å². The maximum Gasteiger partial charge on any atom is 0.0466 e. The fraction of sp³-hybridized carbons (Fsp3) is 1.00. The highest BCUT2D eigenvalue weighted by Gasteiger charge is 2.14. The van der Waals surface area contributed by atoms with Crippen LogP contribution in [-0.4, -0.2) is 18.5 Å². The zero-order valence-electron chi connectivity index (χ0n) is 7.82. The molecule has 0 saturated heterocycles. The van der Waals surface area contributed by atoms with Crippen molar-refractivity contribution in [3.05, 3.63) is 0 Å². The predicted molar refractivity (Wildman–Crippen MR) is 53.3 cm³/mol. The quantitative estimate of drug-likeness (QED) is 0.496. The van der Waals surface area contributed by atoms with E-state index in [4.69, 9.17) is 4.74 Å². The lowest BCUT2D eigenvalue weighted by molar-refractivity contribution is 0.135. The highest BCUT2D eigenvalue weighted by atomic mass is 79.9. The van der Waals surface area contributed by atoms with Crippen molar-refractivity contribution in [3.8, 4) is 0 Å². The summed E-state index contributed by atoms with van der Waals surface area (Å²) in [4.78, 5) is 0. The molecule has 0 N–H and O–H groups in total. The lowest BCUT2D eigenvalue weighted by Crippen LogP contribution is -2.13. The largest absolute Gasteiger partial charge is 0.382 e. The first kappa shape index (κ1) is 11.4. The number of hydrogen-bond acceptors (Lipinski definition) is 1. The average molecular weight is 223 g/mol. The van der Waals surface area contributed by atoms with Gasteiger partial charge in [-0.25, -0.2) is 0 Å². The van der Waals surface area contributed by atoms with E-state index in [1.165, 1.54) is 12.8 Å². The van der Waals surface area contributed by atoms with Gasteiger partial charge < -0.3 is 4.74 Å². The Morgan fingerprint density at radius 3 is 2.45 bits per heavy atom. The maximum absolute atomic E-state index is 5.26. The zero-order chi connectivity index (χ0) is 8.74. The van der Waals surface area contributed by atoms with Crippen LogP contribution in [0.3, 0.4) is 0 Å². The first-order valence-corrected chi connectivity index (χ1v) is 5.38. The van der Waals surface area contributed by atoms with Crippen molar-refractivity contribution >= 4 is 15.9 Å². The Labute approximate surface area is 78.6 Å². The van der Waals surface area contributed by atoms with Gasteiger partial charge in [0.1, 0.15) is 0 Å². The van der Waals surface area contributed by atoms with E-state index < -0.39 is 0 Å². The lowest BCUT2D eigenvalue weighted by Gasteiger charge is -2.20. The van der Waals surface area contributed by atoms with Gasteiger partial charge in [0.2, 0.25) is 0 Å². The van der Waals surface area contributed by atoms with Crippen LogP contribution in [0.25, 0.3) is 0 Å². The third-order valence-electron chi connectivity index (χ3n) is 1.71. The minimum Gasteiger partial charge on any atom is -0.382 e. The molecule has 0 aliphatic carbocycles. The molecule has 0 atom stereocenters. The fourth-order valence-electron chi connectivity index (χ4n) is 0.864. The van der Waals surface area contributed by atoms with Gasteiger partial charge in [-0.15, -0.1) is 0 Å². The molecule has 0 spiro atoms. The molecule has 0 aromatic heterocycles. The van der Waals surface area contributed by atoms with E-state index in [1.807, 2.05) is 6.92 Å². The third-order valence-corrected chi connectivity index (χ3v) is 3.23. The number of ether oxygens (including phenoxy) is 1. The van der Waals surface area contributed by atoms with Crippen molar-refractivity contribution < 1.29 is 4.74 Å². The summed E-state index contributed by atoms with van der Waals surface area (Å²) in [6.45, 7) is 8.33. The van der Waals surface area contributed by atoms with Crippen molar-refractivity contribution in [2.24, 2.45) is 5.41 Å². The number of rotatable bonds is 6. The molecule has 68 valence electrons. The first-order chi connectivity index (χ1) is 5.12. The summed E-state index contributed by atoms with van der Waals surface area (Å²) in [6.07, 6.45) is 2.41. The van der Waals surface area contributed by atoms with E-state index >= 15 is 0 Å². The van der Waals surface area contributed by atoms with E-state index in [-0.39, 0.29) is 0 Å². The highest BCUT2D eigenvalue weighted by molar-refractivity contribution is 9.09. The second-order valence-electron chi connectivity index (χ2n) is 3.60. The van der Waals surface area contributed by atoms with Gasteiger partial charge in [-0.1, -0.05) is 29.8 Å². The Bertz CT molecular complexity index is 91.6. The summed E-state index contributed by atoms with van der Waals surface area (Å²) in [5.41, 5.74) is 0.428. The minimum atomic E-state index is 0.428. The Hall–Kier alpha value is 0.440. The van der Waals surface area contributed by atoms with Crippen molar-refractivity contribution in [1.29, 1.82) is 0 Å². The van der Waals surface area contributed by atoms with Crippen LogP contribution in [0.15, 0.2) is 0 Å². The molecule has 0 saturated carbocycles. The van der Waals surface area contributed by atoms with Crippen molar-refractivity contribution in [3.63, 3.8) is 0 Å². The normalized spacial score (nSPS) is 12.0. The molecule has 0 aliphatic rings. The lowest BCUT2D eigenvalue weighted by atomic mass is 9.91. The molecule has 0 bridgehead atoms. The standard InChI is InChI=1S/C9H19BrO/c1-4-11-7-5-6-9(2,3)8-10/h4-8H2,1-3H3. The second-order valence-corrected chi connectivity index (χ2v) is 4.16. The molecule has 0 aromatic carbocycles. The number of hydrogen-bond donors (Lipinski definition) is 0. The molecular weight excluding hydrogens is 204 g/mol. The summed E-state index contributed by atoms with van der Waals surface area (Å²) in [6, 6.07) is 0. The van der Waals surface area contributed by atoms with Crippen LogP contribution < -0.4 is 0 Å². The fourth-order valence-corrected chi connectivity index (χ4v) is 1.14. The summed E-state index contributed by atoms with van der Waals surface area (Å²) in [5.74, 6) is 0. The summed E-state index contributed by atoms with van der Waals surface area (Å²) in [7, 11) is 0. The summed E-state index contributed by atoms with van der Waals surface area (Å²) in [5, 5.41) is 1.08. The van der Waals surface area contributed by atoms with Gasteiger partial charge in [0.15, 0.2) is 0 Å². The van der Waals surface area contributed by atoms with Crippen molar-refractivity contribution in [2.45, 2.75) is 33.6 Å². The van der Waals surface area contributed by atoms with Crippen LogP contribution in [-0.2, 0) is 4.74 Å². The zero-order valence-corrected chi connectivity index (χ0v) is 9.41. The van der Waals surface area contributed by atoms with Crippen LogP contribution in [0.5, 0.6) is 0 Å². The van der Waals surface area contributed by atoms with Gasteiger partial charge >= 0.3 is 0 Å². The van der Waals surface area contributed by atoms with Crippen LogP contribution >= 0.6 is 15.9 Å². The molecular formula is C9H19BrO. The van der Waals surface area contributed by atoms with E-state index in [9.17, 15) is 0 Å². The van der Waals surface area contributed by atoms with Crippen LogP contribution in [0, 0.1) is 5.41 Å². The summed E-state index contributed by atoms with van der Waals surface area (Å²) >= 11 is 3.50. The molecule has 2 heteroatoms. The monoisotopic (exact) mass is 222 g/mol. The summed E-state index contributed by atoms with van der Waals surface area (Å²) < 4.78 is 5.26. The molecule has 0 amide bonds. The first-order valence-electron chi connectivity index (χ1n) is 4.26. The number of alkyl halides is 1. The molecule has 1 nitrogen and oxygen atoms in total. The van der Waals surface area contributed by atoms with E-state index in [0.717, 1.165) is 18.5 Å².